The molecule has 17 heavy (non-hydrogen) atoms. The van der Waals surface area contributed by atoms with Crippen LogP contribution in [-0.4, -0.2) is 12.4 Å². The van der Waals surface area contributed by atoms with E-state index in [1.165, 1.54) is 0 Å². The molecule has 2 heteroatoms. The van der Waals surface area contributed by atoms with Gasteiger partial charge in [0.2, 0.25) is 0 Å². The van der Waals surface area contributed by atoms with E-state index in [0.29, 0.717) is 6.61 Å². The van der Waals surface area contributed by atoms with Crippen molar-refractivity contribution in [2.45, 2.75) is 5.60 Å². The second kappa shape index (κ2) is 2.84. The summed E-state index contributed by atoms with van der Waals surface area (Å²) >= 11 is 0. The minimum atomic E-state index is -0.346. The first kappa shape index (κ1) is 9.14. The molecule has 1 aliphatic heterocycles. The van der Waals surface area contributed by atoms with Crippen molar-refractivity contribution in [3.63, 3.8) is 0 Å². The van der Waals surface area contributed by atoms with Crippen LogP contribution in [0.5, 0.6) is 0 Å². The maximum atomic E-state index is 12.4. The Balaban J connectivity index is 2.09. The third-order valence-corrected chi connectivity index (χ3v) is 3.65. The smallest absolute Gasteiger partial charge is 0.193 e. The van der Waals surface area contributed by atoms with E-state index in [9.17, 15) is 4.79 Å². The molecule has 0 radical (unpaired) electrons. The van der Waals surface area contributed by atoms with E-state index in [4.69, 9.17) is 4.74 Å². The first-order valence-corrected chi connectivity index (χ1v) is 5.71. The first-order chi connectivity index (χ1) is 8.33. The average Bonchev–Trinajstić information content (AvgIpc) is 3.18. The molecule has 0 saturated carbocycles. The van der Waals surface area contributed by atoms with Crippen LogP contribution < -0.4 is 0 Å². The fourth-order valence-corrected chi connectivity index (χ4v) is 2.74. The normalized spacial score (nSPS) is 18.7. The van der Waals surface area contributed by atoms with E-state index in [1.54, 1.807) is 0 Å². The van der Waals surface area contributed by atoms with Crippen LogP contribution in [0, 0.1) is 0 Å². The summed E-state index contributed by atoms with van der Waals surface area (Å²) in [6.07, 6.45) is 0. The van der Waals surface area contributed by atoms with Gasteiger partial charge in [0.25, 0.3) is 0 Å². The lowest BCUT2D eigenvalue weighted by Crippen LogP contribution is -2.25. The standard InChI is InChI=1S/C15H10O2/c16-14-10-5-1-3-7-12(10)15(9-17-15)13-8-4-2-6-11(13)14/h1-8H,9H2. The summed E-state index contributed by atoms with van der Waals surface area (Å²) in [5.41, 5.74) is 3.25. The zero-order chi connectivity index (χ0) is 11.5. The van der Waals surface area contributed by atoms with E-state index in [2.05, 4.69) is 0 Å². The molecule has 2 aromatic carbocycles. The monoisotopic (exact) mass is 222 g/mol. The van der Waals surface area contributed by atoms with Gasteiger partial charge in [0.1, 0.15) is 5.60 Å². The number of hydrogen-bond donors (Lipinski definition) is 0. The fraction of sp³-hybridized carbons (Fsp3) is 0.133. The van der Waals surface area contributed by atoms with E-state index >= 15 is 0 Å². The Morgan fingerprint density at radius 1 is 0.882 bits per heavy atom. The van der Waals surface area contributed by atoms with Crippen LogP contribution in [0.4, 0.5) is 0 Å². The van der Waals surface area contributed by atoms with Crippen molar-refractivity contribution in [1.29, 1.82) is 0 Å². The highest BCUT2D eigenvalue weighted by Gasteiger charge is 2.54. The summed E-state index contributed by atoms with van der Waals surface area (Å²) in [6, 6.07) is 15.5. The Bertz CT molecular complexity index is 587. The van der Waals surface area contributed by atoms with Crippen molar-refractivity contribution in [2.75, 3.05) is 6.61 Å². The van der Waals surface area contributed by atoms with Crippen molar-refractivity contribution in [3.05, 3.63) is 70.8 Å². The van der Waals surface area contributed by atoms with Gasteiger partial charge in [0.15, 0.2) is 5.78 Å². The number of benzene rings is 2. The highest BCUT2D eigenvalue weighted by molar-refractivity contribution is 6.13. The van der Waals surface area contributed by atoms with E-state index in [1.807, 2.05) is 48.5 Å². The summed E-state index contributed by atoms with van der Waals surface area (Å²) in [5, 5.41) is 0. The molecular weight excluding hydrogens is 212 g/mol. The predicted octanol–water partition coefficient (Wildman–Crippen LogP) is 2.50. The van der Waals surface area contributed by atoms with Gasteiger partial charge in [-0.15, -0.1) is 0 Å². The fourth-order valence-electron chi connectivity index (χ4n) is 2.74. The van der Waals surface area contributed by atoms with Gasteiger partial charge in [-0.2, -0.15) is 0 Å². The van der Waals surface area contributed by atoms with Gasteiger partial charge in [-0.1, -0.05) is 48.5 Å². The minimum absolute atomic E-state index is 0.109. The Morgan fingerprint density at radius 2 is 1.35 bits per heavy atom. The molecule has 1 aliphatic carbocycles. The van der Waals surface area contributed by atoms with Gasteiger partial charge in [-0.25, -0.2) is 0 Å². The van der Waals surface area contributed by atoms with Crippen molar-refractivity contribution < 1.29 is 9.53 Å². The molecule has 1 saturated heterocycles. The van der Waals surface area contributed by atoms with Crippen LogP contribution >= 0.6 is 0 Å². The molecule has 1 heterocycles. The maximum absolute atomic E-state index is 12.4. The number of ether oxygens (including phenoxy) is 1. The molecule has 2 aliphatic rings. The van der Waals surface area contributed by atoms with Crippen LogP contribution in [0.1, 0.15) is 27.0 Å². The summed E-state index contributed by atoms with van der Waals surface area (Å²) in [7, 11) is 0. The number of hydrogen-bond acceptors (Lipinski definition) is 2. The summed E-state index contributed by atoms with van der Waals surface area (Å²) in [6.45, 7) is 0.675. The van der Waals surface area contributed by atoms with E-state index in [-0.39, 0.29) is 11.4 Å². The average molecular weight is 222 g/mol. The Hall–Kier alpha value is -1.93. The first-order valence-electron chi connectivity index (χ1n) is 5.71. The third kappa shape index (κ3) is 1.01. The number of ketones is 1. The lowest BCUT2D eigenvalue weighted by Gasteiger charge is -2.24. The zero-order valence-electron chi connectivity index (χ0n) is 9.14. The second-order valence-corrected chi connectivity index (χ2v) is 4.54. The quantitative estimate of drug-likeness (QED) is 0.641. The molecule has 0 bridgehead atoms. The summed E-state index contributed by atoms with van der Waals surface area (Å²) in [4.78, 5) is 12.4. The molecule has 0 aromatic heterocycles. The lowest BCUT2D eigenvalue weighted by molar-refractivity contribution is 0.102. The summed E-state index contributed by atoms with van der Waals surface area (Å²) < 4.78 is 5.69. The molecule has 2 nitrogen and oxygen atoms in total. The van der Waals surface area contributed by atoms with Crippen molar-refractivity contribution in [3.8, 4) is 0 Å². The molecule has 0 unspecified atom stereocenters. The van der Waals surface area contributed by atoms with Crippen LogP contribution in [0.25, 0.3) is 0 Å². The van der Waals surface area contributed by atoms with Gasteiger partial charge >= 0.3 is 0 Å². The maximum Gasteiger partial charge on any atom is 0.193 e. The topological polar surface area (TPSA) is 29.6 Å². The van der Waals surface area contributed by atoms with Crippen LogP contribution in [0.3, 0.4) is 0 Å². The highest BCUT2D eigenvalue weighted by atomic mass is 16.6. The predicted molar refractivity (Wildman–Crippen MR) is 63.0 cm³/mol. The van der Waals surface area contributed by atoms with E-state index in [0.717, 1.165) is 22.3 Å². The molecule has 0 amide bonds. The van der Waals surface area contributed by atoms with Crippen molar-refractivity contribution >= 4 is 5.78 Å². The zero-order valence-corrected chi connectivity index (χ0v) is 9.14. The number of fused-ring (bicyclic) bond motifs is 4. The lowest BCUT2D eigenvalue weighted by atomic mass is 9.77. The Morgan fingerprint density at radius 3 is 1.82 bits per heavy atom. The molecule has 82 valence electrons. The summed E-state index contributed by atoms with van der Waals surface area (Å²) in [5.74, 6) is 0.109. The third-order valence-electron chi connectivity index (χ3n) is 3.65. The molecule has 1 fully saturated rings. The molecule has 0 atom stereocenters. The van der Waals surface area contributed by atoms with Gasteiger partial charge in [-0.05, 0) is 0 Å². The Labute approximate surface area is 98.8 Å². The van der Waals surface area contributed by atoms with Crippen LogP contribution in [-0.2, 0) is 10.3 Å². The number of carbonyl (C=O) groups excluding carboxylic acids is 1. The highest BCUT2D eigenvalue weighted by Crippen LogP contribution is 2.50. The van der Waals surface area contributed by atoms with Gasteiger partial charge < -0.3 is 4.74 Å². The second-order valence-electron chi connectivity index (χ2n) is 4.54. The molecule has 4 rings (SSSR count). The molecule has 2 aromatic rings. The number of epoxide rings is 1. The SMILES string of the molecule is O=C1c2ccccc2C2(CO2)c2ccccc21. The van der Waals surface area contributed by atoms with Crippen LogP contribution in [0.2, 0.25) is 0 Å². The Kier molecular flexibility index (Phi) is 1.53. The molecular formula is C15H10O2. The largest absolute Gasteiger partial charge is 0.359 e. The van der Waals surface area contributed by atoms with Crippen LogP contribution in [0.15, 0.2) is 48.5 Å². The molecule has 1 spiro atoms. The van der Waals surface area contributed by atoms with Crippen molar-refractivity contribution in [1.82, 2.24) is 0 Å². The molecule has 0 N–H and O–H groups in total. The minimum Gasteiger partial charge on any atom is -0.359 e. The van der Waals surface area contributed by atoms with Crippen molar-refractivity contribution in [2.24, 2.45) is 0 Å². The van der Waals surface area contributed by atoms with Gasteiger partial charge in [-0.3, -0.25) is 4.79 Å². The number of rotatable bonds is 0. The number of carbonyl (C=O) groups is 1. The van der Waals surface area contributed by atoms with Gasteiger partial charge in [0, 0.05) is 22.3 Å². The van der Waals surface area contributed by atoms with E-state index < -0.39 is 0 Å². The van der Waals surface area contributed by atoms with Gasteiger partial charge in [0.05, 0.1) is 6.61 Å².